The molecule has 0 aromatic heterocycles. The van der Waals surface area contributed by atoms with E-state index >= 15 is 0 Å². The molecule has 0 aliphatic heterocycles. The molecule has 0 bridgehead atoms. The number of benzene rings is 1. The van der Waals surface area contributed by atoms with Crippen LogP contribution in [0.25, 0.3) is 0 Å². The van der Waals surface area contributed by atoms with E-state index < -0.39 is 9.28 Å². The Kier molecular flexibility index (Phi) is 8.84. The molecule has 0 heterocycles. The van der Waals surface area contributed by atoms with Gasteiger partial charge in [0.15, 0.2) is 0 Å². The van der Waals surface area contributed by atoms with Gasteiger partial charge in [-0.15, -0.1) is 0 Å². The van der Waals surface area contributed by atoms with Gasteiger partial charge in [-0.25, -0.2) is 4.79 Å². The van der Waals surface area contributed by atoms with E-state index in [0.717, 1.165) is 18.0 Å². The monoisotopic (exact) mass is 335 g/mol. The van der Waals surface area contributed by atoms with Gasteiger partial charge < -0.3 is 13.6 Å². The quantitative estimate of drug-likeness (QED) is 0.375. The van der Waals surface area contributed by atoms with Crippen molar-refractivity contribution in [1.82, 2.24) is 0 Å². The minimum absolute atomic E-state index is 0.151. The van der Waals surface area contributed by atoms with E-state index in [-0.39, 0.29) is 12.1 Å². The largest absolute Gasteiger partial charge is 0.459 e. The highest BCUT2D eigenvalue weighted by Gasteiger charge is 2.21. The number of aryl methyl sites for hydroxylation is 1. The Labute approximate surface area is 141 Å². The molecule has 0 saturated carbocycles. The number of hydrogen-bond acceptors (Lipinski definition) is 4. The first-order chi connectivity index (χ1) is 11.0. The van der Waals surface area contributed by atoms with Crippen LogP contribution >= 0.6 is 0 Å². The van der Waals surface area contributed by atoms with E-state index in [0.29, 0.717) is 18.8 Å². The molecule has 0 N–H and O–H groups in total. The number of hydrogen-bond donors (Lipinski definition) is 0. The fraction of sp³-hybridized carbons (Fsp3) is 0.500. The molecule has 0 spiro atoms. The maximum atomic E-state index is 11.6. The molecule has 0 amide bonds. The van der Waals surface area contributed by atoms with Gasteiger partial charge >= 0.3 is 15.3 Å². The van der Waals surface area contributed by atoms with Crippen LogP contribution in [0.4, 0.5) is 0 Å². The molecule has 1 unspecified atom stereocenters. The third-order valence-corrected chi connectivity index (χ3v) is 5.29. The van der Waals surface area contributed by atoms with Crippen LogP contribution in [0.2, 0.25) is 0 Å². The van der Waals surface area contributed by atoms with Crippen LogP contribution in [0.3, 0.4) is 0 Å². The molecular formula is C18H27O4Si. The van der Waals surface area contributed by atoms with Crippen molar-refractivity contribution in [3.05, 3.63) is 42.0 Å². The lowest BCUT2D eigenvalue weighted by Gasteiger charge is -2.18. The van der Waals surface area contributed by atoms with Crippen molar-refractivity contribution in [3.63, 3.8) is 0 Å². The average Bonchev–Trinajstić information content (AvgIpc) is 2.53. The zero-order valence-corrected chi connectivity index (χ0v) is 15.6. The van der Waals surface area contributed by atoms with Crippen molar-refractivity contribution >= 4 is 20.4 Å². The molecule has 5 heteroatoms. The number of rotatable bonds is 10. The summed E-state index contributed by atoms with van der Waals surface area (Å²) in [5.41, 5.74) is 1.62. The van der Waals surface area contributed by atoms with Crippen molar-refractivity contribution < 1.29 is 18.4 Å². The molecule has 127 valence electrons. The van der Waals surface area contributed by atoms with Gasteiger partial charge in [-0.05, 0) is 51.3 Å². The number of carbonyl (C=O) groups excluding carboxylic acids is 1. The Morgan fingerprint density at radius 2 is 1.83 bits per heavy atom. The number of carbonyl (C=O) groups is 1. The summed E-state index contributed by atoms with van der Waals surface area (Å²) < 4.78 is 16.9. The zero-order chi connectivity index (χ0) is 17.2. The van der Waals surface area contributed by atoms with E-state index in [1.165, 1.54) is 5.56 Å². The summed E-state index contributed by atoms with van der Waals surface area (Å²) >= 11 is 0. The molecule has 1 aromatic carbocycles. The first kappa shape index (κ1) is 19.6. The molecule has 0 aliphatic carbocycles. The van der Waals surface area contributed by atoms with E-state index in [1.54, 1.807) is 6.92 Å². The summed E-state index contributed by atoms with van der Waals surface area (Å²) in [6.07, 6.45) is 1.42. The molecule has 23 heavy (non-hydrogen) atoms. The standard InChI is InChI=1S/C18H27O4Si/c1-6-20-23(21-7-2)17-11-9-8-10-16(17)13-12-15(5)22-18(19)14(3)4/h8-11,15H,3,6-7,12-13H2,1-2,4-5H3. The second kappa shape index (κ2) is 10.4. The predicted octanol–water partition coefficient (Wildman–Crippen LogP) is 2.90. The van der Waals surface area contributed by atoms with Crippen LogP contribution in [0.1, 0.15) is 39.7 Å². The van der Waals surface area contributed by atoms with Crippen molar-refractivity contribution in [1.29, 1.82) is 0 Å². The van der Waals surface area contributed by atoms with Crippen LogP contribution < -0.4 is 5.19 Å². The molecular weight excluding hydrogens is 308 g/mol. The summed E-state index contributed by atoms with van der Waals surface area (Å²) in [6, 6.07) is 8.18. The lowest BCUT2D eigenvalue weighted by atomic mass is 10.1. The summed E-state index contributed by atoms with van der Waals surface area (Å²) in [6.45, 7) is 12.4. The van der Waals surface area contributed by atoms with E-state index in [2.05, 4.69) is 18.7 Å². The Morgan fingerprint density at radius 1 is 1.22 bits per heavy atom. The third kappa shape index (κ3) is 6.68. The highest BCUT2D eigenvalue weighted by atomic mass is 28.3. The van der Waals surface area contributed by atoms with Crippen LogP contribution in [0.15, 0.2) is 36.4 Å². The first-order valence-electron chi connectivity index (χ1n) is 8.06. The maximum absolute atomic E-state index is 11.6. The molecule has 4 nitrogen and oxygen atoms in total. The van der Waals surface area contributed by atoms with E-state index in [1.807, 2.05) is 32.9 Å². The van der Waals surface area contributed by atoms with Gasteiger partial charge in [0.1, 0.15) is 0 Å². The van der Waals surface area contributed by atoms with Gasteiger partial charge in [-0.1, -0.05) is 30.8 Å². The number of esters is 1. The third-order valence-electron chi connectivity index (χ3n) is 3.27. The highest BCUT2D eigenvalue weighted by Crippen LogP contribution is 2.09. The van der Waals surface area contributed by atoms with Gasteiger partial charge in [-0.3, -0.25) is 0 Å². The minimum atomic E-state index is -1.46. The molecule has 0 saturated heterocycles. The fourth-order valence-electron chi connectivity index (χ4n) is 2.10. The lowest BCUT2D eigenvalue weighted by molar-refractivity contribution is -0.143. The molecule has 1 radical (unpaired) electrons. The van der Waals surface area contributed by atoms with Crippen molar-refractivity contribution in [2.45, 2.75) is 46.6 Å². The lowest BCUT2D eigenvalue weighted by Crippen LogP contribution is -2.39. The molecule has 1 rings (SSSR count). The second-order valence-electron chi connectivity index (χ2n) is 5.35. The Hall–Kier alpha value is -1.43. The summed E-state index contributed by atoms with van der Waals surface area (Å²) in [5.74, 6) is -0.334. The minimum Gasteiger partial charge on any atom is -0.459 e. The topological polar surface area (TPSA) is 44.8 Å². The Morgan fingerprint density at radius 3 is 2.39 bits per heavy atom. The average molecular weight is 335 g/mol. The van der Waals surface area contributed by atoms with Gasteiger partial charge in [0.25, 0.3) is 0 Å². The van der Waals surface area contributed by atoms with Crippen molar-refractivity contribution in [3.8, 4) is 0 Å². The summed E-state index contributed by atoms with van der Waals surface area (Å²) in [7, 11) is -1.46. The predicted molar refractivity (Wildman–Crippen MR) is 93.8 cm³/mol. The molecule has 1 atom stereocenters. The van der Waals surface area contributed by atoms with Gasteiger partial charge in [-0.2, -0.15) is 0 Å². The Balaban J connectivity index is 2.73. The second-order valence-corrected chi connectivity index (χ2v) is 7.04. The van der Waals surface area contributed by atoms with Gasteiger partial charge in [0.2, 0.25) is 0 Å². The van der Waals surface area contributed by atoms with Crippen LogP contribution in [-0.4, -0.2) is 34.6 Å². The number of ether oxygens (including phenoxy) is 1. The SMILES string of the molecule is C=C(C)C(=O)OC(C)CCc1ccccc1[Si](OCC)OCC. The maximum Gasteiger partial charge on any atom is 0.423 e. The smallest absolute Gasteiger partial charge is 0.423 e. The van der Waals surface area contributed by atoms with Crippen molar-refractivity contribution in [2.24, 2.45) is 0 Å². The molecule has 0 fully saturated rings. The van der Waals surface area contributed by atoms with Gasteiger partial charge in [0.05, 0.1) is 6.10 Å². The Bertz CT molecular complexity index is 509. The molecule has 1 aromatic rings. The zero-order valence-electron chi connectivity index (χ0n) is 14.6. The van der Waals surface area contributed by atoms with Gasteiger partial charge in [0, 0.05) is 18.8 Å². The molecule has 0 aliphatic rings. The van der Waals surface area contributed by atoms with Crippen LogP contribution in [0.5, 0.6) is 0 Å². The van der Waals surface area contributed by atoms with Crippen molar-refractivity contribution in [2.75, 3.05) is 13.2 Å². The highest BCUT2D eigenvalue weighted by molar-refractivity contribution is 6.61. The van der Waals surface area contributed by atoms with Crippen LogP contribution in [0, 0.1) is 0 Å². The fourth-order valence-corrected chi connectivity index (χ4v) is 3.72. The normalized spacial score (nSPS) is 12.2. The summed E-state index contributed by atoms with van der Waals surface area (Å²) in [4.78, 5) is 11.6. The van der Waals surface area contributed by atoms with E-state index in [9.17, 15) is 4.79 Å². The van der Waals surface area contributed by atoms with E-state index in [4.69, 9.17) is 13.6 Å². The summed E-state index contributed by atoms with van der Waals surface area (Å²) in [5, 5.41) is 1.14. The first-order valence-corrected chi connectivity index (χ1v) is 9.38. The van der Waals surface area contributed by atoms with Crippen LogP contribution in [-0.2, 0) is 24.8 Å².